The number of fused-ring (bicyclic) bond motifs is 1. The third kappa shape index (κ3) is 3.08. The average molecular weight is 242 g/mol. The van der Waals surface area contributed by atoms with Gasteiger partial charge in [0.1, 0.15) is 0 Å². The van der Waals surface area contributed by atoms with Crippen LogP contribution in [0.4, 0.5) is 0 Å². The molecule has 2 rings (SSSR count). The molecule has 1 atom stereocenters. The number of hydrogen-bond acceptors (Lipinski definition) is 2. The monoisotopic (exact) mass is 242 g/mol. The van der Waals surface area contributed by atoms with Gasteiger partial charge in [0.2, 0.25) is 0 Å². The molecule has 0 aliphatic rings. The van der Waals surface area contributed by atoms with Crippen molar-refractivity contribution >= 4 is 10.9 Å². The Morgan fingerprint density at radius 1 is 1.22 bits per heavy atom. The van der Waals surface area contributed by atoms with Crippen LogP contribution in [-0.4, -0.2) is 12.0 Å². The molecule has 0 amide bonds. The zero-order chi connectivity index (χ0) is 13.2. The second-order valence-corrected chi connectivity index (χ2v) is 6.07. The van der Waals surface area contributed by atoms with E-state index in [9.17, 15) is 0 Å². The Morgan fingerprint density at radius 3 is 2.61 bits per heavy atom. The van der Waals surface area contributed by atoms with E-state index < -0.39 is 0 Å². The number of hydrogen-bond donors (Lipinski definition) is 1. The summed E-state index contributed by atoms with van der Waals surface area (Å²) in [6.45, 7) is 6.81. The molecule has 0 fully saturated rings. The van der Waals surface area contributed by atoms with E-state index in [-0.39, 0.29) is 0 Å². The molecule has 18 heavy (non-hydrogen) atoms. The van der Waals surface area contributed by atoms with Crippen LogP contribution in [0.3, 0.4) is 0 Å². The first kappa shape index (κ1) is 13.0. The smallest absolute Gasteiger partial charge is 0.0702 e. The minimum absolute atomic E-state index is 0.305. The summed E-state index contributed by atoms with van der Waals surface area (Å²) in [7, 11) is 2.02. The Labute approximate surface area is 109 Å². The van der Waals surface area contributed by atoms with Crippen LogP contribution in [0.15, 0.2) is 36.5 Å². The molecule has 96 valence electrons. The van der Waals surface area contributed by atoms with Crippen LogP contribution in [-0.2, 0) is 0 Å². The fraction of sp³-hybridized carbons (Fsp3) is 0.438. The van der Waals surface area contributed by atoms with Crippen molar-refractivity contribution in [1.29, 1.82) is 0 Å². The van der Waals surface area contributed by atoms with E-state index in [4.69, 9.17) is 0 Å². The lowest BCUT2D eigenvalue weighted by atomic mass is 9.85. The van der Waals surface area contributed by atoms with Crippen LogP contribution in [0, 0.1) is 5.41 Å². The van der Waals surface area contributed by atoms with Gasteiger partial charge in [-0.2, -0.15) is 0 Å². The molecule has 0 saturated heterocycles. The van der Waals surface area contributed by atoms with Gasteiger partial charge in [0.15, 0.2) is 0 Å². The molecule has 0 aliphatic heterocycles. The predicted octanol–water partition coefficient (Wildman–Crippen LogP) is 3.93. The van der Waals surface area contributed by atoms with E-state index in [1.807, 2.05) is 19.3 Å². The van der Waals surface area contributed by atoms with Gasteiger partial charge in [0.05, 0.1) is 5.52 Å². The molecule has 1 aromatic carbocycles. The minimum atomic E-state index is 0.305. The molecule has 1 N–H and O–H groups in total. The SMILES string of the molecule is CNC(CC(C)(C)C)c1cnc2ccccc2c1. The number of nitrogens with zero attached hydrogens (tertiary/aromatic N) is 1. The minimum Gasteiger partial charge on any atom is -0.313 e. The highest BCUT2D eigenvalue weighted by molar-refractivity contribution is 5.78. The van der Waals surface area contributed by atoms with E-state index >= 15 is 0 Å². The first-order valence-corrected chi connectivity index (χ1v) is 6.51. The molecule has 1 heterocycles. The highest BCUT2D eigenvalue weighted by Crippen LogP contribution is 2.29. The van der Waals surface area contributed by atoms with Crippen molar-refractivity contribution in [1.82, 2.24) is 10.3 Å². The number of nitrogens with one attached hydrogen (secondary N) is 1. The van der Waals surface area contributed by atoms with Crippen molar-refractivity contribution in [2.45, 2.75) is 33.2 Å². The van der Waals surface area contributed by atoms with Crippen LogP contribution >= 0.6 is 0 Å². The number of rotatable bonds is 3. The largest absolute Gasteiger partial charge is 0.313 e. The molecule has 0 aliphatic carbocycles. The number of aromatic nitrogens is 1. The van der Waals surface area contributed by atoms with Gasteiger partial charge in [-0.3, -0.25) is 4.98 Å². The first-order chi connectivity index (χ1) is 8.49. The number of pyridine rings is 1. The molecule has 1 unspecified atom stereocenters. The van der Waals surface area contributed by atoms with Gasteiger partial charge in [-0.05, 0) is 36.6 Å². The Kier molecular flexibility index (Phi) is 3.67. The molecule has 2 heteroatoms. The summed E-state index contributed by atoms with van der Waals surface area (Å²) in [5, 5.41) is 4.61. The third-order valence-corrected chi connectivity index (χ3v) is 3.18. The average Bonchev–Trinajstić information content (AvgIpc) is 2.34. The number of para-hydroxylation sites is 1. The van der Waals surface area contributed by atoms with Gasteiger partial charge in [-0.25, -0.2) is 0 Å². The number of benzene rings is 1. The zero-order valence-corrected chi connectivity index (χ0v) is 11.7. The van der Waals surface area contributed by atoms with Crippen molar-refractivity contribution in [2.75, 3.05) is 7.05 Å². The summed E-state index contributed by atoms with van der Waals surface area (Å²) in [6.07, 6.45) is 3.10. The topological polar surface area (TPSA) is 24.9 Å². The molecule has 0 saturated carbocycles. The summed E-state index contributed by atoms with van der Waals surface area (Å²) < 4.78 is 0. The maximum Gasteiger partial charge on any atom is 0.0702 e. The molecule has 0 radical (unpaired) electrons. The summed E-state index contributed by atoms with van der Waals surface area (Å²) in [5.41, 5.74) is 2.64. The van der Waals surface area contributed by atoms with E-state index in [1.165, 1.54) is 10.9 Å². The second-order valence-electron chi connectivity index (χ2n) is 6.07. The van der Waals surface area contributed by atoms with Crippen LogP contribution < -0.4 is 5.32 Å². The van der Waals surface area contributed by atoms with Crippen LogP contribution in [0.5, 0.6) is 0 Å². The van der Waals surface area contributed by atoms with Gasteiger partial charge < -0.3 is 5.32 Å². The molecule has 0 bridgehead atoms. The lowest BCUT2D eigenvalue weighted by molar-refractivity contribution is 0.320. The fourth-order valence-corrected chi connectivity index (χ4v) is 2.28. The maximum absolute atomic E-state index is 4.54. The maximum atomic E-state index is 4.54. The predicted molar refractivity (Wildman–Crippen MR) is 77.6 cm³/mol. The van der Waals surface area contributed by atoms with Crippen LogP contribution in [0.25, 0.3) is 10.9 Å². The normalized spacial score (nSPS) is 13.8. The molecule has 2 aromatic rings. The van der Waals surface area contributed by atoms with E-state index in [2.05, 4.69) is 55.3 Å². The van der Waals surface area contributed by atoms with E-state index in [1.54, 1.807) is 0 Å². The van der Waals surface area contributed by atoms with Gasteiger partial charge in [0.25, 0.3) is 0 Å². The van der Waals surface area contributed by atoms with Crippen molar-refractivity contribution in [3.05, 3.63) is 42.1 Å². The Morgan fingerprint density at radius 2 is 1.94 bits per heavy atom. The summed E-state index contributed by atoms with van der Waals surface area (Å²) in [6, 6.07) is 10.9. The summed E-state index contributed by atoms with van der Waals surface area (Å²) in [5.74, 6) is 0. The first-order valence-electron chi connectivity index (χ1n) is 6.51. The van der Waals surface area contributed by atoms with Gasteiger partial charge in [-0.15, -0.1) is 0 Å². The van der Waals surface area contributed by atoms with Gasteiger partial charge in [0, 0.05) is 17.6 Å². The standard InChI is InChI=1S/C16H22N2/c1-16(2,3)10-15(17-4)13-9-12-7-5-6-8-14(12)18-11-13/h5-9,11,15,17H,10H2,1-4H3. The van der Waals surface area contributed by atoms with E-state index in [0.717, 1.165) is 11.9 Å². The lowest BCUT2D eigenvalue weighted by Crippen LogP contribution is -2.22. The summed E-state index contributed by atoms with van der Waals surface area (Å²) >= 11 is 0. The second kappa shape index (κ2) is 5.07. The lowest BCUT2D eigenvalue weighted by Gasteiger charge is -2.26. The zero-order valence-electron chi connectivity index (χ0n) is 11.7. The fourth-order valence-electron chi connectivity index (χ4n) is 2.28. The molecule has 1 aromatic heterocycles. The van der Waals surface area contributed by atoms with Crippen molar-refractivity contribution in [2.24, 2.45) is 5.41 Å². The quantitative estimate of drug-likeness (QED) is 0.882. The Balaban J connectivity index is 2.33. The Bertz CT molecular complexity index is 526. The molecule has 0 spiro atoms. The molecular weight excluding hydrogens is 220 g/mol. The van der Waals surface area contributed by atoms with E-state index in [0.29, 0.717) is 11.5 Å². The Hall–Kier alpha value is -1.41. The molecule has 2 nitrogen and oxygen atoms in total. The van der Waals surface area contributed by atoms with Crippen molar-refractivity contribution < 1.29 is 0 Å². The van der Waals surface area contributed by atoms with Crippen LogP contribution in [0.2, 0.25) is 0 Å². The van der Waals surface area contributed by atoms with Gasteiger partial charge in [-0.1, -0.05) is 39.0 Å². The van der Waals surface area contributed by atoms with Crippen molar-refractivity contribution in [3.63, 3.8) is 0 Å². The van der Waals surface area contributed by atoms with Crippen LogP contribution in [0.1, 0.15) is 38.8 Å². The summed E-state index contributed by atoms with van der Waals surface area (Å²) in [4.78, 5) is 4.54. The highest BCUT2D eigenvalue weighted by atomic mass is 14.9. The molecular formula is C16H22N2. The van der Waals surface area contributed by atoms with Crippen molar-refractivity contribution in [3.8, 4) is 0 Å². The third-order valence-electron chi connectivity index (χ3n) is 3.18. The highest BCUT2D eigenvalue weighted by Gasteiger charge is 2.19. The van der Waals surface area contributed by atoms with Gasteiger partial charge >= 0.3 is 0 Å².